The first-order valence-electron chi connectivity index (χ1n) is 6.67. The molecule has 0 radical (unpaired) electrons. The molecule has 3 N–H and O–H groups in total. The lowest BCUT2D eigenvalue weighted by molar-refractivity contribution is 0.0517. The number of thiazole rings is 1. The van der Waals surface area contributed by atoms with E-state index in [1.807, 2.05) is 18.7 Å². The molecule has 1 aromatic rings. The number of piperidine rings is 1. The van der Waals surface area contributed by atoms with E-state index in [-0.39, 0.29) is 18.1 Å². The fraction of sp³-hybridized carbons (Fsp3) is 0.692. The number of nitrogens with two attached hydrogens (primary N) is 1. The van der Waals surface area contributed by atoms with Crippen LogP contribution in [0, 0.1) is 5.92 Å². The minimum absolute atomic E-state index is 0.0211. The molecule has 0 aromatic carbocycles. The highest BCUT2D eigenvalue weighted by Crippen LogP contribution is 2.23. The fourth-order valence-corrected chi connectivity index (χ4v) is 3.09. The van der Waals surface area contributed by atoms with E-state index < -0.39 is 0 Å². The van der Waals surface area contributed by atoms with Crippen molar-refractivity contribution < 1.29 is 9.90 Å². The molecule has 106 valence electrons. The fourth-order valence-electron chi connectivity index (χ4n) is 2.34. The van der Waals surface area contributed by atoms with Crippen molar-refractivity contribution in [1.29, 1.82) is 0 Å². The third-order valence-corrected chi connectivity index (χ3v) is 4.69. The highest BCUT2D eigenvalue weighted by Gasteiger charge is 2.27. The van der Waals surface area contributed by atoms with Crippen LogP contribution in [-0.4, -0.2) is 40.1 Å². The topological polar surface area (TPSA) is 79.5 Å². The molecule has 1 aromatic heterocycles. The van der Waals surface area contributed by atoms with Gasteiger partial charge >= 0.3 is 0 Å². The molecule has 2 atom stereocenters. The van der Waals surface area contributed by atoms with E-state index in [1.54, 1.807) is 5.38 Å². The Labute approximate surface area is 117 Å². The lowest BCUT2D eigenvalue weighted by Gasteiger charge is -2.32. The van der Waals surface area contributed by atoms with Crippen molar-refractivity contribution in [2.45, 2.75) is 38.8 Å². The van der Waals surface area contributed by atoms with Gasteiger partial charge in [0.2, 0.25) is 0 Å². The average molecular weight is 283 g/mol. The summed E-state index contributed by atoms with van der Waals surface area (Å²) in [6.45, 7) is 5.07. The second-order valence-electron chi connectivity index (χ2n) is 5.23. The predicted molar refractivity (Wildman–Crippen MR) is 75.0 cm³/mol. The van der Waals surface area contributed by atoms with E-state index in [0.29, 0.717) is 24.7 Å². The Morgan fingerprint density at radius 3 is 2.63 bits per heavy atom. The first-order valence-corrected chi connectivity index (χ1v) is 7.55. The molecule has 5 nitrogen and oxygen atoms in total. The van der Waals surface area contributed by atoms with Crippen LogP contribution in [0.15, 0.2) is 5.38 Å². The number of rotatable bonds is 3. The molecule has 1 fully saturated rings. The summed E-state index contributed by atoms with van der Waals surface area (Å²) >= 11 is 1.43. The highest BCUT2D eigenvalue weighted by molar-refractivity contribution is 7.09. The van der Waals surface area contributed by atoms with Crippen LogP contribution < -0.4 is 5.73 Å². The molecular weight excluding hydrogens is 262 g/mol. The molecule has 0 saturated carbocycles. The maximum Gasteiger partial charge on any atom is 0.273 e. The van der Waals surface area contributed by atoms with Gasteiger partial charge in [0.1, 0.15) is 10.7 Å². The summed E-state index contributed by atoms with van der Waals surface area (Å²) in [5.41, 5.74) is 6.25. The lowest BCUT2D eigenvalue weighted by atomic mass is 9.92. The van der Waals surface area contributed by atoms with Crippen molar-refractivity contribution >= 4 is 17.2 Å². The number of likely N-dealkylation sites (tertiary alicyclic amines) is 1. The minimum Gasteiger partial charge on any atom is -0.393 e. The molecule has 19 heavy (non-hydrogen) atoms. The molecule has 2 heterocycles. The molecule has 0 bridgehead atoms. The number of amides is 1. The van der Waals surface area contributed by atoms with Gasteiger partial charge in [0.15, 0.2) is 0 Å². The molecule has 6 heteroatoms. The van der Waals surface area contributed by atoms with Crippen LogP contribution in [0.1, 0.15) is 48.2 Å². The maximum atomic E-state index is 12.3. The number of aliphatic hydroxyl groups excluding tert-OH is 1. The molecular formula is C13H21N3O2S. The summed E-state index contributed by atoms with van der Waals surface area (Å²) in [7, 11) is 0. The first kappa shape index (κ1) is 14.4. The van der Waals surface area contributed by atoms with Crippen molar-refractivity contribution in [3.05, 3.63) is 16.1 Å². The second kappa shape index (κ2) is 5.98. The van der Waals surface area contributed by atoms with Gasteiger partial charge in [-0.1, -0.05) is 0 Å². The average Bonchev–Trinajstić information content (AvgIpc) is 2.87. The quantitative estimate of drug-likeness (QED) is 0.878. The number of carbonyl (C=O) groups excluding carboxylic acids is 1. The largest absolute Gasteiger partial charge is 0.393 e. The Hall–Kier alpha value is -0.980. The molecule has 2 rings (SSSR count). The monoisotopic (exact) mass is 283 g/mol. The van der Waals surface area contributed by atoms with Crippen molar-refractivity contribution in [2.24, 2.45) is 11.7 Å². The van der Waals surface area contributed by atoms with Crippen LogP contribution in [0.3, 0.4) is 0 Å². The Bertz CT molecular complexity index is 437. The van der Waals surface area contributed by atoms with Crippen molar-refractivity contribution in [2.75, 3.05) is 13.1 Å². The van der Waals surface area contributed by atoms with E-state index in [4.69, 9.17) is 5.73 Å². The van der Waals surface area contributed by atoms with Gasteiger partial charge in [-0.05, 0) is 32.6 Å². The van der Waals surface area contributed by atoms with Crippen molar-refractivity contribution in [3.8, 4) is 0 Å². The maximum absolute atomic E-state index is 12.3. The van der Waals surface area contributed by atoms with Gasteiger partial charge in [-0.25, -0.2) is 4.98 Å². The Balaban J connectivity index is 1.97. The normalized spacial score (nSPS) is 20.3. The summed E-state index contributed by atoms with van der Waals surface area (Å²) in [4.78, 5) is 18.4. The van der Waals surface area contributed by atoms with Crippen LogP contribution in [-0.2, 0) is 0 Å². The molecule has 0 spiro atoms. The van der Waals surface area contributed by atoms with Crippen LogP contribution in [0.4, 0.5) is 0 Å². The molecule has 2 unspecified atom stereocenters. The summed E-state index contributed by atoms with van der Waals surface area (Å²) in [5, 5.41) is 12.1. The zero-order chi connectivity index (χ0) is 14.0. The summed E-state index contributed by atoms with van der Waals surface area (Å²) in [5.74, 6) is 0.284. The second-order valence-corrected chi connectivity index (χ2v) is 6.12. The summed E-state index contributed by atoms with van der Waals surface area (Å²) < 4.78 is 0. The predicted octanol–water partition coefficient (Wildman–Crippen LogP) is 1.40. The zero-order valence-corrected chi connectivity index (χ0v) is 12.2. The lowest BCUT2D eigenvalue weighted by Crippen LogP contribution is -2.40. The minimum atomic E-state index is -0.291. The smallest absolute Gasteiger partial charge is 0.273 e. The first-order chi connectivity index (χ1) is 8.99. The SMILES string of the molecule is CC(N)c1nc(C(=O)N2CCC(C(C)O)CC2)cs1. The Morgan fingerprint density at radius 2 is 2.16 bits per heavy atom. The molecule has 1 saturated heterocycles. The number of aromatic nitrogens is 1. The third kappa shape index (κ3) is 3.32. The number of hydrogen-bond acceptors (Lipinski definition) is 5. The summed E-state index contributed by atoms with van der Waals surface area (Å²) in [6.07, 6.45) is 1.42. The van der Waals surface area contributed by atoms with Crippen LogP contribution in [0.2, 0.25) is 0 Å². The van der Waals surface area contributed by atoms with Gasteiger partial charge in [-0.15, -0.1) is 11.3 Å². The van der Waals surface area contributed by atoms with E-state index in [2.05, 4.69) is 4.98 Å². The number of hydrogen-bond donors (Lipinski definition) is 2. The van der Waals surface area contributed by atoms with E-state index in [0.717, 1.165) is 17.8 Å². The van der Waals surface area contributed by atoms with Gasteiger partial charge in [-0.2, -0.15) is 0 Å². The Kier molecular flexibility index (Phi) is 4.54. The summed E-state index contributed by atoms with van der Waals surface area (Å²) in [6, 6.07) is -0.132. The third-order valence-electron chi connectivity index (χ3n) is 3.64. The van der Waals surface area contributed by atoms with Gasteiger partial charge in [0, 0.05) is 18.5 Å². The van der Waals surface area contributed by atoms with E-state index in [9.17, 15) is 9.90 Å². The number of nitrogens with zero attached hydrogens (tertiary/aromatic N) is 2. The molecule has 1 aliphatic rings. The molecule has 1 amide bonds. The highest BCUT2D eigenvalue weighted by atomic mass is 32.1. The van der Waals surface area contributed by atoms with Gasteiger partial charge in [-0.3, -0.25) is 4.79 Å². The number of carbonyl (C=O) groups is 1. The van der Waals surface area contributed by atoms with Crippen LogP contribution >= 0.6 is 11.3 Å². The number of aliphatic hydroxyl groups is 1. The van der Waals surface area contributed by atoms with Gasteiger partial charge < -0.3 is 15.7 Å². The molecule has 1 aliphatic heterocycles. The van der Waals surface area contributed by atoms with Gasteiger partial charge in [0.25, 0.3) is 5.91 Å². The van der Waals surface area contributed by atoms with Gasteiger partial charge in [0.05, 0.1) is 12.1 Å². The standard InChI is InChI=1S/C13H21N3O2S/c1-8(14)12-15-11(7-19-12)13(18)16-5-3-10(4-6-16)9(2)17/h7-10,17H,3-6,14H2,1-2H3. The van der Waals surface area contributed by atoms with Crippen molar-refractivity contribution in [3.63, 3.8) is 0 Å². The van der Waals surface area contributed by atoms with Crippen LogP contribution in [0.5, 0.6) is 0 Å². The zero-order valence-electron chi connectivity index (χ0n) is 11.4. The Morgan fingerprint density at radius 1 is 1.53 bits per heavy atom. The molecule has 0 aliphatic carbocycles. The van der Waals surface area contributed by atoms with Crippen LogP contribution in [0.25, 0.3) is 0 Å². The van der Waals surface area contributed by atoms with E-state index in [1.165, 1.54) is 11.3 Å². The van der Waals surface area contributed by atoms with Crippen molar-refractivity contribution in [1.82, 2.24) is 9.88 Å². The van der Waals surface area contributed by atoms with E-state index >= 15 is 0 Å².